The quantitative estimate of drug-likeness (QED) is 0.837. The molecule has 3 N–H and O–H groups in total. The van der Waals surface area contributed by atoms with Gasteiger partial charge in [0.05, 0.1) is 13.2 Å². The van der Waals surface area contributed by atoms with Crippen LogP contribution in [0.2, 0.25) is 0 Å². The molecule has 0 aliphatic carbocycles. The minimum atomic E-state index is -0.364. The molecule has 1 heterocycles. The molecule has 1 fully saturated rings. The predicted molar refractivity (Wildman–Crippen MR) is 78.2 cm³/mol. The number of ether oxygens (including phenoxy) is 1. The zero-order valence-electron chi connectivity index (χ0n) is 12.2. The summed E-state index contributed by atoms with van der Waals surface area (Å²) in [5.74, 6) is -0.338. The van der Waals surface area contributed by atoms with Gasteiger partial charge in [0.15, 0.2) is 0 Å². The standard InChI is InChI=1S/C15H22FN3O2/c1-2-18-15(20)14-10-21-8-7-19(14)13(9-17)11-3-5-12(16)6-4-11/h3-6,13-14H,2,7-10,17H2,1H3,(H,18,20). The molecule has 5 nitrogen and oxygen atoms in total. The van der Waals surface area contributed by atoms with Gasteiger partial charge in [0.1, 0.15) is 11.9 Å². The molecule has 116 valence electrons. The SMILES string of the molecule is CCNC(=O)C1COCCN1C(CN)c1ccc(F)cc1. The van der Waals surface area contributed by atoms with Crippen LogP contribution in [0.4, 0.5) is 4.39 Å². The highest BCUT2D eigenvalue weighted by Gasteiger charge is 2.34. The average Bonchev–Trinajstić information content (AvgIpc) is 2.50. The van der Waals surface area contributed by atoms with Crippen molar-refractivity contribution < 1.29 is 13.9 Å². The van der Waals surface area contributed by atoms with Crippen LogP contribution in [0, 0.1) is 5.82 Å². The second kappa shape index (κ2) is 7.49. The molecule has 0 saturated carbocycles. The van der Waals surface area contributed by atoms with Gasteiger partial charge in [0.2, 0.25) is 5.91 Å². The summed E-state index contributed by atoms with van der Waals surface area (Å²) in [5, 5.41) is 2.82. The maximum atomic E-state index is 13.1. The molecule has 2 rings (SSSR count). The smallest absolute Gasteiger partial charge is 0.239 e. The van der Waals surface area contributed by atoms with E-state index in [9.17, 15) is 9.18 Å². The van der Waals surface area contributed by atoms with Gasteiger partial charge in [-0.05, 0) is 24.6 Å². The first-order valence-electron chi connectivity index (χ1n) is 7.24. The number of halogens is 1. The van der Waals surface area contributed by atoms with Crippen LogP contribution in [0.3, 0.4) is 0 Å². The Balaban J connectivity index is 2.20. The number of likely N-dealkylation sites (N-methyl/N-ethyl adjacent to an activating group) is 1. The summed E-state index contributed by atoms with van der Waals surface area (Å²) in [7, 11) is 0. The molecular formula is C15H22FN3O2. The molecule has 1 aliphatic heterocycles. The molecule has 2 unspecified atom stereocenters. The monoisotopic (exact) mass is 295 g/mol. The lowest BCUT2D eigenvalue weighted by molar-refractivity contribution is -0.134. The Bertz CT molecular complexity index is 466. The van der Waals surface area contributed by atoms with Crippen molar-refractivity contribution in [1.29, 1.82) is 0 Å². The summed E-state index contributed by atoms with van der Waals surface area (Å²) in [5.41, 5.74) is 6.81. The van der Waals surface area contributed by atoms with Gasteiger partial charge >= 0.3 is 0 Å². The van der Waals surface area contributed by atoms with Crippen molar-refractivity contribution in [1.82, 2.24) is 10.2 Å². The van der Waals surface area contributed by atoms with E-state index in [0.717, 1.165) is 5.56 Å². The van der Waals surface area contributed by atoms with Crippen LogP contribution in [0.5, 0.6) is 0 Å². The third-order valence-electron chi connectivity index (χ3n) is 3.70. The summed E-state index contributed by atoms with van der Waals surface area (Å²) in [4.78, 5) is 14.2. The maximum Gasteiger partial charge on any atom is 0.239 e. The number of nitrogens with one attached hydrogen (secondary N) is 1. The Morgan fingerprint density at radius 2 is 2.24 bits per heavy atom. The Kier molecular flexibility index (Phi) is 5.67. The second-order valence-corrected chi connectivity index (χ2v) is 5.03. The molecule has 6 heteroatoms. The van der Waals surface area contributed by atoms with Gasteiger partial charge in [-0.15, -0.1) is 0 Å². The maximum absolute atomic E-state index is 13.1. The normalized spacial score (nSPS) is 21.0. The van der Waals surface area contributed by atoms with Crippen LogP contribution < -0.4 is 11.1 Å². The predicted octanol–water partition coefficient (Wildman–Crippen LogP) is 0.662. The zero-order valence-corrected chi connectivity index (χ0v) is 12.2. The molecule has 1 saturated heterocycles. The van der Waals surface area contributed by atoms with Gasteiger partial charge in [-0.3, -0.25) is 9.69 Å². The van der Waals surface area contributed by atoms with Crippen molar-refractivity contribution in [3.63, 3.8) is 0 Å². The van der Waals surface area contributed by atoms with Gasteiger partial charge in [-0.2, -0.15) is 0 Å². The summed E-state index contributed by atoms with van der Waals surface area (Å²) < 4.78 is 18.5. The van der Waals surface area contributed by atoms with Crippen LogP contribution in [-0.4, -0.2) is 49.7 Å². The Morgan fingerprint density at radius 3 is 2.86 bits per heavy atom. The largest absolute Gasteiger partial charge is 0.378 e. The molecule has 21 heavy (non-hydrogen) atoms. The lowest BCUT2D eigenvalue weighted by atomic mass is 10.0. The summed E-state index contributed by atoms with van der Waals surface area (Å²) in [6.07, 6.45) is 0. The fraction of sp³-hybridized carbons (Fsp3) is 0.533. The number of hydrogen-bond acceptors (Lipinski definition) is 4. The van der Waals surface area contributed by atoms with Crippen LogP contribution in [0.25, 0.3) is 0 Å². The molecule has 0 radical (unpaired) electrons. The highest BCUT2D eigenvalue weighted by Crippen LogP contribution is 2.24. The molecule has 0 spiro atoms. The third-order valence-corrected chi connectivity index (χ3v) is 3.70. The molecule has 2 atom stereocenters. The average molecular weight is 295 g/mol. The summed E-state index contributed by atoms with van der Waals surface area (Å²) >= 11 is 0. The Labute approximate surface area is 124 Å². The van der Waals surface area contributed by atoms with Crippen LogP contribution in [0.1, 0.15) is 18.5 Å². The summed E-state index contributed by atoms with van der Waals surface area (Å²) in [6, 6.07) is 5.78. The van der Waals surface area contributed by atoms with Gasteiger partial charge < -0.3 is 15.8 Å². The van der Waals surface area contributed by atoms with Crippen molar-refractivity contribution in [3.8, 4) is 0 Å². The van der Waals surface area contributed by atoms with E-state index in [-0.39, 0.29) is 23.8 Å². The molecular weight excluding hydrogens is 273 g/mol. The van der Waals surface area contributed by atoms with Crippen molar-refractivity contribution in [2.45, 2.75) is 19.0 Å². The van der Waals surface area contributed by atoms with Gasteiger partial charge in [-0.1, -0.05) is 12.1 Å². The first kappa shape index (κ1) is 15.9. The number of amides is 1. The second-order valence-electron chi connectivity index (χ2n) is 5.03. The number of hydrogen-bond donors (Lipinski definition) is 2. The fourth-order valence-corrected chi connectivity index (χ4v) is 2.66. The number of nitrogens with zero attached hydrogens (tertiary/aromatic N) is 1. The number of morpholine rings is 1. The molecule has 1 amide bonds. The highest BCUT2D eigenvalue weighted by atomic mass is 19.1. The number of nitrogens with two attached hydrogens (primary N) is 1. The van der Waals surface area contributed by atoms with Crippen LogP contribution in [0.15, 0.2) is 24.3 Å². The minimum absolute atomic E-state index is 0.0576. The number of carbonyl (C=O) groups is 1. The zero-order chi connectivity index (χ0) is 15.2. The molecule has 0 aromatic heterocycles. The fourth-order valence-electron chi connectivity index (χ4n) is 2.66. The summed E-state index contributed by atoms with van der Waals surface area (Å²) in [6.45, 7) is 4.36. The van der Waals surface area contributed by atoms with Gasteiger partial charge in [0, 0.05) is 25.7 Å². The van der Waals surface area contributed by atoms with E-state index in [4.69, 9.17) is 10.5 Å². The highest BCUT2D eigenvalue weighted by molar-refractivity contribution is 5.82. The first-order valence-corrected chi connectivity index (χ1v) is 7.24. The van der Waals surface area contributed by atoms with E-state index in [1.54, 1.807) is 12.1 Å². The van der Waals surface area contributed by atoms with Crippen molar-refractivity contribution in [2.75, 3.05) is 32.8 Å². The first-order chi connectivity index (χ1) is 10.2. The molecule has 0 bridgehead atoms. The third kappa shape index (κ3) is 3.78. The van der Waals surface area contributed by atoms with E-state index >= 15 is 0 Å². The van der Waals surface area contributed by atoms with Crippen LogP contribution >= 0.6 is 0 Å². The van der Waals surface area contributed by atoms with Crippen molar-refractivity contribution in [3.05, 3.63) is 35.6 Å². The van der Waals surface area contributed by atoms with E-state index in [2.05, 4.69) is 5.32 Å². The van der Waals surface area contributed by atoms with E-state index in [0.29, 0.717) is 32.8 Å². The number of rotatable bonds is 5. The lowest BCUT2D eigenvalue weighted by Crippen LogP contribution is -2.55. The molecule has 1 aromatic carbocycles. The van der Waals surface area contributed by atoms with Gasteiger partial charge in [-0.25, -0.2) is 4.39 Å². The topological polar surface area (TPSA) is 67.6 Å². The van der Waals surface area contributed by atoms with Crippen molar-refractivity contribution >= 4 is 5.91 Å². The van der Waals surface area contributed by atoms with Crippen LogP contribution in [-0.2, 0) is 9.53 Å². The lowest BCUT2D eigenvalue weighted by Gasteiger charge is -2.39. The van der Waals surface area contributed by atoms with E-state index in [1.807, 2.05) is 11.8 Å². The minimum Gasteiger partial charge on any atom is -0.378 e. The Morgan fingerprint density at radius 1 is 1.52 bits per heavy atom. The number of benzene rings is 1. The van der Waals surface area contributed by atoms with E-state index in [1.165, 1.54) is 12.1 Å². The van der Waals surface area contributed by atoms with E-state index < -0.39 is 0 Å². The van der Waals surface area contributed by atoms with Gasteiger partial charge in [0.25, 0.3) is 0 Å². The van der Waals surface area contributed by atoms with Crippen molar-refractivity contribution in [2.24, 2.45) is 5.73 Å². The molecule has 1 aliphatic rings. The Hall–Kier alpha value is -1.50. The molecule has 1 aromatic rings. The number of carbonyl (C=O) groups excluding carboxylic acids is 1.